The summed E-state index contributed by atoms with van der Waals surface area (Å²) in [7, 11) is 0. The maximum atomic E-state index is 13.3. The molecule has 4 rings (SSSR count). The fraction of sp³-hybridized carbons (Fsp3) is 0.333. The maximum absolute atomic E-state index is 13.3. The van der Waals surface area contributed by atoms with Crippen LogP contribution in [0.5, 0.6) is 0 Å². The molecule has 140 valence electrons. The lowest BCUT2D eigenvalue weighted by Crippen LogP contribution is -2.53. The Morgan fingerprint density at radius 3 is 2.70 bits per heavy atom. The van der Waals surface area contributed by atoms with E-state index in [0.29, 0.717) is 10.6 Å². The van der Waals surface area contributed by atoms with Gasteiger partial charge in [0.15, 0.2) is 5.13 Å². The zero-order valence-corrected chi connectivity index (χ0v) is 15.6. The third kappa shape index (κ3) is 3.88. The smallest absolute Gasteiger partial charge is 0.243 e. The molecule has 9 heteroatoms. The van der Waals surface area contributed by atoms with E-state index in [1.165, 1.54) is 23.5 Å². The van der Waals surface area contributed by atoms with Gasteiger partial charge in [-0.25, -0.2) is 19.3 Å². The zero-order chi connectivity index (χ0) is 18.8. The van der Waals surface area contributed by atoms with Gasteiger partial charge in [0.2, 0.25) is 11.9 Å². The van der Waals surface area contributed by atoms with E-state index in [4.69, 9.17) is 0 Å². The van der Waals surface area contributed by atoms with Crippen LogP contribution in [0.3, 0.4) is 0 Å². The van der Waals surface area contributed by atoms with Crippen molar-refractivity contribution in [2.45, 2.75) is 13.0 Å². The molecule has 2 aromatic heterocycles. The number of hydrogen-bond acceptors (Lipinski definition) is 7. The summed E-state index contributed by atoms with van der Waals surface area (Å²) >= 11 is 1.28. The SMILES string of the molecule is CC(C(=O)Nc1nc2ccc(F)cc2s1)N1CCN(c2ncccn2)CC1. The quantitative estimate of drug-likeness (QED) is 0.742. The van der Waals surface area contributed by atoms with Gasteiger partial charge in [0, 0.05) is 38.6 Å². The van der Waals surface area contributed by atoms with Crippen LogP contribution in [0.2, 0.25) is 0 Å². The Balaban J connectivity index is 1.36. The number of rotatable bonds is 4. The van der Waals surface area contributed by atoms with Crippen molar-refractivity contribution >= 4 is 38.5 Å². The topological polar surface area (TPSA) is 74.2 Å². The minimum atomic E-state index is -0.308. The molecule has 0 spiro atoms. The van der Waals surface area contributed by atoms with E-state index >= 15 is 0 Å². The monoisotopic (exact) mass is 386 g/mol. The molecule has 0 aliphatic carbocycles. The van der Waals surface area contributed by atoms with Crippen LogP contribution in [0, 0.1) is 5.82 Å². The van der Waals surface area contributed by atoms with Crippen molar-refractivity contribution in [2.75, 3.05) is 36.4 Å². The third-order valence-electron chi connectivity index (χ3n) is 4.66. The van der Waals surface area contributed by atoms with E-state index in [1.807, 2.05) is 6.92 Å². The summed E-state index contributed by atoms with van der Waals surface area (Å²) < 4.78 is 14.0. The number of carbonyl (C=O) groups excluding carboxylic acids is 1. The second kappa shape index (κ2) is 7.53. The number of carbonyl (C=O) groups is 1. The molecule has 1 unspecified atom stereocenters. The maximum Gasteiger partial charge on any atom is 0.243 e. The van der Waals surface area contributed by atoms with Gasteiger partial charge in [-0.1, -0.05) is 11.3 Å². The average molecular weight is 386 g/mol. The Morgan fingerprint density at radius 2 is 1.96 bits per heavy atom. The number of thiazole rings is 1. The molecule has 1 fully saturated rings. The summed E-state index contributed by atoms with van der Waals surface area (Å²) in [6.07, 6.45) is 3.46. The van der Waals surface area contributed by atoms with Crippen LogP contribution < -0.4 is 10.2 Å². The largest absolute Gasteiger partial charge is 0.338 e. The first-order valence-electron chi connectivity index (χ1n) is 8.73. The Bertz CT molecular complexity index is 941. The molecule has 0 saturated carbocycles. The molecule has 1 N–H and O–H groups in total. The number of hydrogen-bond donors (Lipinski definition) is 1. The first-order valence-corrected chi connectivity index (χ1v) is 9.55. The predicted octanol–water partition coefficient (Wildman–Crippen LogP) is 2.37. The van der Waals surface area contributed by atoms with Gasteiger partial charge in [-0.15, -0.1) is 0 Å². The number of aromatic nitrogens is 3. The van der Waals surface area contributed by atoms with Crippen LogP contribution in [0.1, 0.15) is 6.92 Å². The molecular weight excluding hydrogens is 367 g/mol. The molecular formula is C18H19FN6OS. The summed E-state index contributed by atoms with van der Waals surface area (Å²) in [6, 6.07) is 5.92. The van der Waals surface area contributed by atoms with Crippen molar-refractivity contribution in [2.24, 2.45) is 0 Å². The Hall–Kier alpha value is -2.65. The van der Waals surface area contributed by atoms with Gasteiger partial charge in [0.25, 0.3) is 0 Å². The molecule has 3 aromatic rings. The van der Waals surface area contributed by atoms with E-state index < -0.39 is 0 Å². The van der Waals surface area contributed by atoms with Crippen LogP contribution in [0.25, 0.3) is 10.2 Å². The van der Waals surface area contributed by atoms with Crippen molar-refractivity contribution in [3.63, 3.8) is 0 Å². The highest BCUT2D eigenvalue weighted by Gasteiger charge is 2.27. The average Bonchev–Trinajstić information content (AvgIpc) is 3.09. The highest BCUT2D eigenvalue weighted by Crippen LogP contribution is 2.26. The Morgan fingerprint density at radius 1 is 1.22 bits per heavy atom. The van der Waals surface area contributed by atoms with Crippen molar-refractivity contribution in [1.82, 2.24) is 19.9 Å². The number of fused-ring (bicyclic) bond motifs is 1. The van der Waals surface area contributed by atoms with Crippen molar-refractivity contribution in [1.29, 1.82) is 0 Å². The minimum Gasteiger partial charge on any atom is -0.338 e. The molecule has 1 atom stereocenters. The van der Waals surface area contributed by atoms with Crippen LogP contribution in [-0.4, -0.2) is 58.0 Å². The number of amides is 1. The lowest BCUT2D eigenvalue weighted by Gasteiger charge is -2.37. The fourth-order valence-corrected chi connectivity index (χ4v) is 3.99. The summed E-state index contributed by atoms with van der Waals surface area (Å²) in [5.41, 5.74) is 0.681. The zero-order valence-electron chi connectivity index (χ0n) is 14.8. The van der Waals surface area contributed by atoms with E-state index in [-0.39, 0.29) is 17.8 Å². The van der Waals surface area contributed by atoms with E-state index in [1.54, 1.807) is 24.5 Å². The van der Waals surface area contributed by atoms with Crippen LogP contribution in [0.15, 0.2) is 36.7 Å². The van der Waals surface area contributed by atoms with Crippen molar-refractivity contribution in [3.8, 4) is 0 Å². The summed E-state index contributed by atoms with van der Waals surface area (Å²) in [5, 5.41) is 3.35. The van der Waals surface area contributed by atoms with E-state index in [2.05, 4.69) is 30.1 Å². The third-order valence-corrected chi connectivity index (χ3v) is 5.59. The number of nitrogens with one attached hydrogen (secondary N) is 1. The number of benzene rings is 1. The molecule has 1 aliphatic heterocycles. The van der Waals surface area contributed by atoms with Gasteiger partial charge < -0.3 is 10.2 Å². The fourth-order valence-electron chi connectivity index (χ4n) is 3.09. The summed E-state index contributed by atoms with van der Waals surface area (Å²) in [5.74, 6) is 0.299. The summed E-state index contributed by atoms with van der Waals surface area (Å²) in [4.78, 5) is 29.7. The predicted molar refractivity (Wildman–Crippen MR) is 103 cm³/mol. The normalized spacial score (nSPS) is 16.4. The number of nitrogens with zero attached hydrogens (tertiary/aromatic N) is 5. The molecule has 0 bridgehead atoms. The van der Waals surface area contributed by atoms with E-state index in [9.17, 15) is 9.18 Å². The van der Waals surface area contributed by atoms with Gasteiger partial charge >= 0.3 is 0 Å². The van der Waals surface area contributed by atoms with Gasteiger partial charge in [-0.05, 0) is 31.2 Å². The molecule has 3 heterocycles. The first-order chi connectivity index (χ1) is 13.1. The highest BCUT2D eigenvalue weighted by molar-refractivity contribution is 7.22. The Labute approximate surface area is 159 Å². The standard InChI is InChI=1S/C18H19FN6OS/c1-12(24-7-9-25(10-8-24)17-20-5-2-6-21-17)16(26)23-18-22-14-4-3-13(19)11-15(14)27-18/h2-6,11-12H,7-10H2,1H3,(H,22,23,26). The molecule has 0 radical (unpaired) electrons. The lowest BCUT2D eigenvalue weighted by atomic mass is 10.2. The van der Waals surface area contributed by atoms with Crippen LogP contribution in [-0.2, 0) is 4.79 Å². The number of anilines is 2. The molecule has 27 heavy (non-hydrogen) atoms. The van der Waals surface area contributed by atoms with Crippen molar-refractivity contribution < 1.29 is 9.18 Å². The summed E-state index contributed by atoms with van der Waals surface area (Å²) in [6.45, 7) is 4.91. The second-order valence-electron chi connectivity index (χ2n) is 6.37. The molecule has 1 aliphatic rings. The van der Waals surface area contributed by atoms with Crippen LogP contribution in [0.4, 0.5) is 15.5 Å². The highest BCUT2D eigenvalue weighted by atomic mass is 32.1. The minimum absolute atomic E-state index is 0.112. The molecule has 7 nitrogen and oxygen atoms in total. The van der Waals surface area contributed by atoms with E-state index in [0.717, 1.165) is 36.8 Å². The molecule has 1 aromatic carbocycles. The van der Waals surface area contributed by atoms with Crippen LogP contribution >= 0.6 is 11.3 Å². The number of piperazine rings is 1. The van der Waals surface area contributed by atoms with Gasteiger partial charge in [-0.3, -0.25) is 9.69 Å². The molecule has 1 saturated heterocycles. The van der Waals surface area contributed by atoms with Gasteiger partial charge in [0.05, 0.1) is 16.3 Å². The Kier molecular flexibility index (Phi) is 4.95. The first kappa shape index (κ1) is 17.7. The van der Waals surface area contributed by atoms with Gasteiger partial charge in [-0.2, -0.15) is 0 Å². The molecule has 1 amide bonds. The lowest BCUT2D eigenvalue weighted by molar-refractivity contribution is -0.120. The second-order valence-corrected chi connectivity index (χ2v) is 7.40. The van der Waals surface area contributed by atoms with Crippen molar-refractivity contribution in [3.05, 3.63) is 42.5 Å². The number of halogens is 1. The van der Waals surface area contributed by atoms with Gasteiger partial charge in [0.1, 0.15) is 5.82 Å².